The van der Waals surface area contributed by atoms with E-state index < -0.39 is 0 Å². The van der Waals surface area contributed by atoms with E-state index in [0.29, 0.717) is 29.1 Å². The first-order valence-electron chi connectivity index (χ1n) is 10.8. The van der Waals surface area contributed by atoms with Crippen LogP contribution in [-0.2, 0) is 11.2 Å². The van der Waals surface area contributed by atoms with E-state index in [2.05, 4.69) is 19.1 Å². The second-order valence-corrected chi connectivity index (χ2v) is 9.12. The molecule has 0 heterocycles. The number of hydrogen-bond acceptors (Lipinski definition) is 3. The number of hydrogen-bond donors (Lipinski definition) is 2. The molecule has 0 amide bonds. The van der Waals surface area contributed by atoms with Gasteiger partial charge in [-0.15, -0.1) is 0 Å². The van der Waals surface area contributed by atoms with Crippen molar-refractivity contribution < 1.29 is 9.90 Å². The summed E-state index contributed by atoms with van der Waals surface area (Å²) in [5, 5.41) is 20.4. The van der Waals surface area contributed by atoms with Gasteiger partial charge in [-0.2, -0.15) is 0 Å². The number of fused-ring (bicyclic) bond motifs is 5. The molecular weight excluding hydrogens is 394 g/mol. The normalized spacial score (nSPS) is 24.6. The molecule has 0 spiro atoms. The van der Waals surface area contributed by atoms with Crippen molar-refractivity contribution in [3.63, 3.8) is 0 Å². The van der Waals surface area contributed by atoms with Crippen molar-refractivity contribution in [1.29, 1.82) is 5.41 Å². The summed E-state index contributed by atoms with van der Waals surface area (Å²) in [4.78, 5) is 13.4. The maximum atomic E-state index is 13.4. The first-order valence-corrected chi connectivity index (χ1v) is 11.2. The van der Waals surface area contributed by atoms with Crippen molar-refractivity contribution in [2.24, 2.45) is 17.8 Å². The molecule has 3 aliphatic carbocycles. The fraction of sp³-hybridized carbons (Fsp3) is 0.385. The molecule has 5 rings (SSSR count). The number of Topliss-reactive ketones (excluding diaryl/α,β-unsaturated/α-hetero) is 1. The topological polar surface area (TPSA) is 61.1 Å². The first-order chi connectivity index (χ1) is 14.4. The SMILES string of the molecule is CCc1ccc(-c2ccc(Cl)cc2)cc1C1=C(O)[C@@H](C)C2CC[C@H](CC2=N)CC1=O. The van der Waals surface area contributed by atoms with Gasteiger partial charge in [-0.1, -0.05) is 49.7 Å². The van der Waals surface area contributed by atoms with Gasteiger partial charge in [-0.05, 0) is 72.1 Å². The molecule has 4 heteroatoms. The summed E-state index contributed by atoms with van der Waals surface area (Å²) >= 11 is 6.05. The number of nitrogens with one attached hydrogen (secondary N) is 1. The van der Waals surface area contributed by atoms with Gasteiger partial charge in [-0.3, -0.25) is 4.79 Å². The molecule has 1 unspecified atom stereocenters. The molecule has 2 N–H and O–H groups in total. The molecule has 1 fully saturated rings. The van der Waals surface area contributed by atoms with Gasteiger partial charge >= 0.3 is 0 Å². The lowest BCUT2D eigenvalue weighted by molar-refractivity contribution is -0.114. The van der Waals surface area contributed by atoms with Crippen LogP contribution in [0.5, 0.6) is 0 Å². The summed E-state index contributed by atoms with van der Waals surface area (Å²) in [6.45, 7) is 4.03. The standard InChI is InChI=1S/C26H28ClNO2/c1-3-17-5-6-19(18-7-9-20(27)10-8-18)14-22(17)25-24(29)13-16-4-11-21(23(28)12-16)15(2)26(25)30/h5-10,14-16,21,28,30H,3-4,11-13H2,1-2H3/t15-,16+,21?/m0/s1. The van der Waals surface area contributed by atoms with E-state index >= 15 is 0 Å². The minimum Gasteiger partial charge on any atom is -0.511 e. The third-order valence-electron chi connectivity index (χ3n) is 6.82. The maximum Gasteiger partial charge on any atom is 0.167 e. The van der Waals surface area contributed by atoms with E-state index in [1.165, 1.54) is 0 Å². The molecule has 0 aromatic heterocycles. The fourth-order valence-electron chi connectivity index (χ4n) is 5.03. The number of aliphatic hydroxyl groups is 1. The van der Waals surface area contributed by atoms with Crippen molar-refractivity contribution in [2.45, 2.75) is 46.0 Å². The second kappa shape index (κ2) is 8.39. The van der Waals surface area contributed by atoms with Crippen LogP contribution in [0.15, 0.2) is 48.2 Å². The van der Waals surface area contributed by atoms with Gasteiger partial charge in [0, 0.05) is 29.0 Å². The van der Waals surface area contributed by atoms with Gasteiger partial charge in [0.1, 0.15) is 5.76 Å². The monoisotopic (exact) mass is 421 g/mol. The molecule has 0 radical (unpaired) electrons. The summed E-state index contributed by atoms with van der Waals surface area (Å²) in [5.41, 5.74) is 5.04. The Morgan fingerprint density at radius 1 is 1.07 bits per heavy atom. The number of carbonyl (C=O) groups is 1. The Morgan fingerprint density at radius 2 is 1.77 bits per heavy atom. The average Bonchev–Trinajstić information content (AvgIpc) is 2.79. The maximum absolute atomic E-state index is 13.4. The van der Waals surface area contributed by atoms with Gasteiger partial charge < -0.3 is 10.5 Å². The van der Waals surface area contributed by atoms with Crippen molar-refractivity contribution in [2.75, 3.05) is 0 Å². The molecule has 1 saturated carbocycles. The fourth-order valence-corrected chi connectivity index (χ4v) is 5.16. The second-order valence-electron chi connectivity index (χ2n) is 8.69. The van der Waals surface area contributed by atoms with Gasteiger partial charge in [0.15, 0.2) is 5.78 Å². The van der Waals surface area contributed by atoms with Crippen LogP contribution in [0.4, 0.5) is 0 Å². The smallest absolute Gasteiger partial charge is 0.167 e. The molecule has 2 aromatic carbocycles. The molecule has 3 nitrogen and oxygen atoms in total. The van der Waals surface area contributed by atoms with Crippen LogP contribution < -0.4 is 0 Å². The van der Waals surface area contributed by atoms with E-state index in [4.69, 9.17) is 17.0 Å². The zero-order chi connectivity index (χ0) is 21.4. The number of ketones is 1. The van der Waals surface area contributed by atoms with Crippen molar-refractivity contribution in [3.05, 3.63) is 64.4 Å². The van der Waals surface area contributed by atoms with E-state index in [0.717, 1.165) is 41.5 Å². The lowest BCUT2D eigenvalue weighted by atomic mass is 9.74. The molecule has 0 aliphatic heterocycles. The minimum atomic E-state index is -0.223. The minimum absolute atomic E-state index is 0.00246. The van der Waals surface area contributed by atoms with E-state index in [1.807, 2.05) is 37.3 Å². The van der Waals surface area contributed by atoms with Crippen LogP contribution in [-0.4, -0.2) is 16.6 Å². The lowest BCUT2D eigenvalue weighted by Crippen LogP contribution is -2.29. The highest BCUT2D eigenvalue weighted by atomic mass is 35.5. The van der Waals surface area contributed by atoms with E-state index in [-0.39, 0.29) is 29.3 Å². The number of rotatable bonds is 3. The van der Waals surface area contributed by atoms with Gasteiger partial charge in [0.2, 0.25) is 0 Å². The van der Waals surface area contributed by atoms with Crippen LogP contribution in [0.1, 0.15) is 50.7 Å². The van der Waals surface area contributed by atoms with Gasteiger partial charge in [-0.25, -0.2) is 0 Å². The Morgan fingerprint density at radius 3 is 2.43 bits per heavy atom. The highest BCUT2D eigenvalue weighted by molar-refractivity contribution is 6.30. The molecule has 2 aromatic rings. The van der Waals surface area contributed by atoms with E-state index in [9.17, 15) is 9.90 Å². The van der Waals surface area contributed by atoms with Gasteiger partial charge in [0.25, 0.3) is 0 Å². The Kier molecular flexibility index (Phi) is 5.84. The lowest BCUT2D eigenvalue weighted by Gasteiger charge is -2.31. The molecule has 2 bridgehead atoms. The van der Waals surface area contributed by atoms with Crippen LogP contribution in [0.2, 0.25) is 5.02 Å². The summed E-state index contributed by atoms with van der Waals surface area (Å²) in [6.07, 6.45) is 3.68. The Hall–Kier alpha value is -2.39. The summed E-state index contributed by atoms with van der Waals surface area (Å²) in [6, 6.07) is 13.8. The molecule has 3 aliphatic rings. The number of allylic oxidation sites excluding steroid dienone is 2. The van der Waals surface area contributed by atoms with Crippen LogP contribution >= 0.6 is 11.6 Å². The molecule has 156 valence electrons. The zero-order valence-corrected chi connectivity index (χ0v) is 18.3. The van der Waals surface area contributed by atoms with Crippen LogP contribution in [0, 0.1) is 23.2 Å². The number of aryl methyl sites for hydroxylation is 1. The zero-order valence-electron chi connectivity index (χ0n) is 17.5. The van der Waals surface area contributed by atoms with Crippen LogP contribution in [0.3, 0.4) is 0 Å². The Balaban J connectivity index is 1.87. The predicted molar refractivity (Wildman–Crippen MR) is 123 cm³/mol. The number of carbonyl (C=O) groups excluding carboxylic acids is 1. The summed E-state index contributed by atoms with van der Waals surface area (Å²) in [5.74, 6) is 0.160. The quantitative estimate of drug-likeness (QED) is 0.567. The van der Waals surface area contributed by atoms with Gasteiger partial charge in [0.05, 0.1) is 5.57 Å². The molecule has 0 saturated heterocycles. The molecule has 3 atom stereocenters. The molecule has 30 heavy (non-hydrogen) atoms. The van der Waals surface area contributed by atoms with Crippen molar-refractivity contribution in [3.8, 4) is 11.1 Å². The summed E-state index contributed by atoms with van der Waals surface area (Å²) < 4.78 is 0. The van der Waals surface area contributed by atoms with E-state index in [1.54, 1.807) is 0 Å². The Labute approximate surface area is 183 Å². The third-order valence-corrected chi connectivity index (χ3v) is 7.08. The number of halogens is 1. The van der Waals surface area contributed by atoms with Crippen molar-refractivity contribution >= 4 is 28.7 Å². The largest absolute Gasteiger partial charge is 0.511 e. The predicted octanol–water partition coefficient (Wildman–Crippen LogP) is 6.88. The molecular formula is C26H28ClNO2. The first kappa shape index (κ1) is 20.9. The van der Waals surface area contributed by atoms with Crippen LogP contribution in [0.25, 0.3) is 16.7 Å². The third kappa shape index (κ3) is 3.83. The highest BCUT2D eigenvalue weighted by Crippen LogP contribution is 2.41. The number of benzene rings is 2. The highest BCUT2D eigenvalue weighted by Gasteiger charge is 2.37. The average molecular weight is 422 g/mol. The summed E-state index contributed by atoms with van der Waals surface area (Å²) in [7, 11) is 0. The van der Waals surface area contributed by atoms with Crippen molar-refractivity contribution in [1.82, 2.24) is 0 Å². The number of aliphatic hydroxyl groups excluding tert-OH is 1. The Bertz CT molecular complexity index is 1020.